The molecule has 106 valence electrons. The van der Waals surface area contributed by atoms with Crippen molar-refractivity contribution in [2.75, 3.05) is 20.3 Å². The van der Waals surface area contributed by atoms with Gasteiger partial charge in [0.25, 0.3) is 0 Å². The number of aromatic carboxylic acids is 1. The minimum atomic E-state index is -1.05. The Bertz CT molecular complexity index is 427. The molecule has 7 heteroatoms. The van der Waals surface area contributed by atoms with Crippen LogP contribution in [0.3, 0.4) is 0 Å². The lowest BCUT2D eigenvalue weighted by Gasteiger charge is -2.10. The first-order chi connectivity index (χ1) is 9.22. The average Bonchev–Trinajstić information content (AvgIpc) is 3.03. The molecule has 1 aromatic rings. The zero-order valence-corrected chi connectivity index (χ0v) is 11.0. The van der Waals surface area contributed by atoms with Gasteiger partial charge in [-0.15, -0.1) is 5.10 Å². The number of aryl methyl sites for hydroxylation is 1. The Morgan fingerprint density at radius 2 is 2.47 bits per heavy atom. The molecule has 0 aromatic carbocycles. The second-order valence-electron chi connectivity index (χ2n) is 4.58. The number of nitrogens with zero attached hydrogens (tertiary/aromatic N) is 3. The molecule has 1 atom stereocenters. The van der Waals surface area contributed by atoms with E-state index in [-0.39, 0.29) is 11.8 Å². The molecule has 0 bridgehead atoms. The van der Waals surface area contributed by atoms with Gasteiger partial charge in [0, 0.05) is 26.7 Å². The highest BCUT2D eigenvalue weighted by Gasteiger charge is 2.20. The highest BCUT2D eigenvalue weighted by atomic mass is 16.5. The van der Waals surface area contributed by atoms with Crippen LogP contribution in [0.5, 0.6) is 0 Å². The van der Waals surface area contributed by atoms with E-state index in [1.807, 2.05) is 0 Å². The SMILES string of the molecule is COCCc1c(C(=O)O)nnn1CCC1CCCO1. The fourth-order valence-electron chi connectivity index (χ4n) is 2.26. The number of carbonyl (C=O) groups is 1. The van der Waals surface area contributed by atoms with Gasteiger partial charge in [0.2, 0.25) is 0 Å². The summed E-state index contributed by atoms with van der Waals surface area (Å²) in [6.45, 7) is 1.90. The van der Waals surface area contributed by atoms with Crippen LogP contribution in [0.2, 0.25) is 0 Å². The number of hydrogen-bond donors (Lipinski definition) is 1. The molecule has 1 aromatic heterocycles. The number of carboxylic acids is 1. The fraction of sp³-hybridized carbons (Fsp3) is 0.750. The van der Waals surface area contributed by atoms with Gasteiger partial charge in [-0.05, 0) is 19.3 Å². The van der Waals surface area contributed by atoms with Crippen molar-refractivity contribution in [1.82, 2.24) is 15.0 Å². The van der Waals surface area contributed by atoms with Crippen molar-refractivity contribution in [3.05, 3.63) is 11.4 Å². The molecule has 1 aliphatic rings. The molecule has 0 amide bonds. The van der Waals surface area contributed by atoms with E-state index >= 15 is 0 Å². The predicted molar refractivity (Wildman–Crippen MR) is 66.2 cm³/mol. The van der Waals surface area contributed by atoms with Gasteiger partial charge in [-0.2, -0.15) is 0 Å². The van der Waals surface area contributed by atoms with Gasteiger partial charge in [0.15, 0.2) is 5.69 Å². The largest absolute Gasteiger partial charge is 0.476 e. The first-order valence-corrected chi connectivity index (χ1v) is 6.48. The summed E-state index contributed by atoms with van der Waals surface area (Å²) in [4.78, 5) is 11.1. The lowest BCUT2D eigenvalue weighted by atomic mass is 10.2. The van der Waals surface area contributed by atoms with Crippen LogP contribution in [0.15, 0.2) is 0 Å². The van der Waals surface area contributed by atoms with Gasteiger partial charge in [-0.3, -0.25) is 0 Å². The summed E-state index contributed by atoms with van der Waals surface area (Å²) in [5, 5.41) is 16.7. The van der Waals surface area contributed by atoms with Gasteiger partial charge < -0.3 is 14.6 Å². The quantitative estimate of drug-likeness (QED) is 0.785. The Morgan fingerprint density at radius 1 is 1.63 bits per heavy atom. The maximum atomic E-state index is 11.1. The van der Waals surface area contributed by atoms with Crippen LogP contribution in [0.25, 0.3) is 0 Å². The number of aromatic nitrogens is 3. The lowest BCUT2D eigenvalue weighted by Crippen LogP contribution is -2.15. The second-order valence-corrected chi connectivity index (χ2v) is 4.58. The summed E-state index contributed by atoms with van der Waals surface area (Å²) in [6.07, 6.45) is 3.75. The van der Waals surface area contributed by atoms with Crippen LogP contribution in [-0.4, -0.2) is 52.5 Å². The fourth-order valence-corrected chi connectivity index (χ4v) is 2.26. The average molecular weight is 269 g/mol. The van der Waals surface area contributed by atoms with Crippen molar-refractivity contribution < 1.29 is 19.4 Å². The molecule has 2 heterocycles. The topological polar surface area (TPSA) is 86.5 Å². The molecule has 1 unspecified atom stereocenters. The van der Waals surface area contributed by atoms with Gasteiger partial charge in [0.05, 0.1) is 18.4 Å². The summed E-state index contributed by atoms with van der Waals surface area (Å²) in [5.74, 6) is -1.05. The standard InChI is InChI=1S/C12H19N3O4/c1-18-8-5-10-11(12(16)17)13-14-15(10)6-4-9-3-2-7-19-9/h9H,2-8H2,1H3,(H,16,17). The summed E-state index contributed by atoms with van der Waals surface area (Å²) in [6, 6.07) is 0. The zero-order valence-electron chi connectivity index (χ0n) is 11.0. The molecule has 0 saturated carbocycles. The van der Waals surface area contributed by atoms with Gasteiger partial charge in [-0.25, -0.2) is 9.48 Å². The van der Waals surface area contributed by atoms with E-state index in [1.54, 1.807) is 11.8 Å². The number of rotatable bonds is 7. The number of methoxy groups -OCH3 is 1. The van der Waals surface area contributed by atoms with Crippen molar-refractivity contribution in [3.8, 4) is 0 Å². The molecule has 2 rings (SSSR count). The van der Waals surface area contributed by atoms with Crippen LogP contribution < -0.4 is 0 Å². The molecule has 0 aliphatic carbocycles. The maximum absolute atomic E-state index is 11.1. The van der Waals surface area contributed by atoms with Crippen molar-refractivity contribution in [2.24, 2.45) is 0 Å². The van der Waals surface area contributed by atoms with E-state index in [9.17, 15) is 4.79 Å². The third-order valence-electron chi connectivity index (χ3n) is 3.27. The highest BCUT2D eigenvalue weighted by molar-refractivity contribution is 5.86. The van der Waals surface area contributed by atoms with Crippen molar-refractivity contribution >= 4 is 5.97 Å². The molecule has 1 fully saturated rings. The van der Waals surface area contributed by atoms with E-state index in [0.29, 0.717) is 25.3 Å². The van der Waals surface area contributed by atoms with Crippen molar-refractivity contribution in [2.45, 2.75) is 38.3 Å². The number of hydrogen-bond acceptors (Lipinski definition) is 5. The lowest BCUT2D eigenvalue weighted by molar-refractivity contribution is 0.0688. The molecule has 0 radical (unpaired) electrons. The van der Waals surface area contributed by atoms with Gasteiger partial charge >= 0.3 is 5.97 Å². The van der Waals surface area contributed by atoms with Crippen molar-refractivity contribution in [3.63, 3.8) is 0 Å². The Balaban J connectivity index is 2.02. The second kappa shape index (κ2) is 6.63. The molecular formula is C12H19N3O4. The Kier molecular flexibility index (Phi) is 4.86. The van der Waals surface area contributed by atoms with Crippen molar-refractivity contribution in [1.29, 1.82) is 0 Å². The molecule has 19 heavy (non-hydrogen) atoms. The first kappa shape index (κ1) is 14.0. The normalized spacial score (nSPS) is 18.9. The molecule has 7 nitrogen and oxygen atoms in total. The monoisotopic (exact) mass is 269 g/mol. The van der Waals surface area contributed by atoms with E-state index in [4.69, 9.17) is 14.6 Å². The van der Waals surface area contributed by atoms with Crippen LogP contribution in [0, 0.1) is 0 Å². The Hall–Kier alpha value is -1.47. The van der Waals surface area contributed by atoms with Crippen LogP contribution in [0.4, 0.5) is 0 Å². The Morgan fingerprint density at radius 3 is 3.11 bits per heavy atom. The Labute approximate surface area is 111 Å². The summed E-state index contributed by atoms with van der Waals surface area (Å²) in [5.41, 5.74) is 0.636. The third-order valence-corrected chi connectivity index (χ3v) is 3.27. The zero-order chi connectivity index (χ0) is 13.7. The van der Waals surface area contributed by atoms with E-state index in [0.717, 1.165) is 25.9 Å². The molecule has 1 N–H and O–H groups in total. The molecule has 1 aliphatic heterocycles. The summed E-state index contributed by atoms with van der Waals surface area (Å²) in [7, 11) is 1.58. The maximum Gasteiger partial charge on any atom is 0.358 e. The summed E-state index contributed by atoms with van der Waals surface area (Å²) >= 11 is 0. The van der Waals surface area contributed by atoms with Gasteiger partial charge in [-0.1, -0.05) is 5.21 Å². The molecule has 1 saturated heterocycles. The molecular weight excluding hydrogens is 250 g/mol. The minimum Gasteiger partial charge on any atom is -0.476 e. The van der Waals surface area contributed by atoms with Gasteiger partial charge in [0.1, 0.15) is 0 Å². The smallest absolute Gasteiger partial charge is 0.358 e. The van der Waals surface area contributed by atoms with E-state index < -0.39 is 5.97 Å². The minimum absolute atomic E-state index is 0.0180. The predicted octanol–water partition coefficient (Wildman–Crippen LogP) is 0.734. The van der Waals surface area contributed by atoms with Crippen LogP contribution >= 0.6 is 0 Å². The van der Waals surface area contributed by atoms with Crippen LogP contribution in [-0.2, 0) is 22.4 Å². The number of ether oxygens (including phenoxy) is 2. The molecule has 0 spiro atoms. The van der Waals surface area contributed by atoms with E-state index in [1.165, 1.54) is 0 Å². The highest BCUT2D eigenvalue weighted by Crippen LogP contribution is 2.17. The summed E-state index contributed by atoms with van der Waals surface area (Å²) < 4.78 is 12.2. The first-order valence-electron chi connectivity index (χ1n) is 6.48. The third kappa shape index (κ3) is 3.51. The van der Waals surface area contributed by atoms with E-state index in [2.05, 4.69) is 10.3 Å². The van der Waals surface area contributed by atoms with Crippen LogP contribution in [0.1, 0.15) is 35.4 Å². The number of carboxylic acid groups (broad SMARTS) is 1.